The molecule has 4 rings (SSSR count). The van der Waals surface area contributed by atoms with Crippen LogP contribution >= 0.6 is 0 Å². The summed E-state index contributed by atoms with van der Waals surface area (Å²) in [4.78, 5) is 21.1. The summed E-state index contributed by atoms with van der Waals surface area (Å²) in [5, 5.41) is 6.82. The summed E-state index contributed by atoms with van der Waals surface area (Å²) < 4.78 is 1.82. The number of carbonyl (C=O) groups excluding carboxylic acids is 2. The highest BCUT2D eigenvalue weighted by Crippen LogP contribution is 2.23. The van der Waals surface area contributed by atoms with Crippen LogP contribution in [0.15, 0.2) is 67.0 Å². The van der Waals surface area contributed by atoms with E-state index >= 15 is 0 Å². The van der Waals surface area contributed by atoms with Crippen molar-refractivity contribution in [1.82, 2.24) is 15.1 Å². The van der Waals surface area contributed by atoms with Gasteiger partial charge in [0.15, 0.2) is 0 Å². The van der Waals surface area contributed by atoms with E-state index in [9.17, 15) is 9.59 Å². The van der Waals surface area contributed by atoms with Gasteiger partial charge in [-0.1, -0.05) is 63.8 Å². The highest BCUT2D eigenvalue weighted by atomic mass is 16.1. The Labute approximate surface area is 190 Å². The molecule has 1 aliphatic rings. The van der Waals surface area contributed by atoms with Crippen molar-refractivity contribution in [3.63, 3.8) is 0 Å². The SMILES string of the molecule is CC1CCCC1.CCC(N)=O.CNC(=O)c1ccc(-c2ccc(-n3cccn3)cc2)cc1. The van der Waals surface area contributed by atoms with Gasteiger partial charge in [-0.2, -0.15) is 5.10 Å². The largest absolute Gasteiger partial charge is 0.370 e. The molecule has 0 aliphatic heterocycles. The van der Waals surface area contributed by atoms with Crippen molar-refractivity contribution in [3.05, 3.63) is 72.6 Å². The van der Waals surface area contributed by atoms with E-state index in [1.165, 1.54) is 25.7 Å². The smallest absolute Gasteiger partial charge is 0.251 e. The van der Waals surface area contributed by atoms with Crippen LogP contribution in [0, 0.1) is 5.92 Å². The molecule has 0 unspecified atom stereocenters. The van der Waals surface area contributed by atoms with Crippen LogP contribution in [0.1, 0.15) is 56.3 Å². The summed E-state index contributed by atoms with van der Waals surface area (Å²) in [6.45, 7) is 4.06. The monoisotopic (exact) mass is 434 g/mol. The minimum Gasteiger partial charge on any atom is -0.370 e. The predicted octanol–water partition coefficient (Wildman–Crippen LogP) is 4.98. The second kappa shape index (κ2) is 13.1. The van der Waals surface area contributed by atoms with E-state index in [4.69, 9.17) is 0 Å². The number of primary amides is 1. The third kappa shape index (κ3) is 8.02. The normalized spacial score (nSPS) is 12.7. The van der Waals surface area contributed by atoms with Crippen LogP contribution in [-0.4, -0.2) is 28.6 Å². The molecule has 2 amide bonds. The van der Waals surface area contributed by atoms with Gasteiger partial charge in [-0.15, -0.1) is 0 Å². The van der Waals surface area contributed by atoms with Crippen molar-refractivity contribution in [2.24, 2.45) is 11.7 Å². The molecule has 3 N–H and O–H groups in total. The Morgan fingerprint density at radius 2 is 1.56 bits per heavy atom. The van der Waals surface area contributed by atoms with Crippen LogP contribution in [-0.2, 0) is 4.79 Å². The highest BCUT2D eigenvalue weighted by Gasteiger charge is 2.07. The van der Waals surface area contributed by atoms with E-state index in [0.717, 1.165) is 22.7 Å². The summed E-state index contributed by atoms with van der Waals surface area (Å²) >= 11 is 0. The second-order valence-electron chi connectivity index (χ2n) is 7.86. The van der Waals surface area contributed by atoms with E-state index in [1.807, 2.05) is 65.5 Å². The van der Waals surface area contributed by atoms with Crippen LogP contribution < -0.4 is 11.1 Å². The average molecular weight is 435 g/mol. The first-order chi connectivity index (χ1) is 15.4. The van der Waals surface area contributed by atoms with Crippen LogP contribution in [0.2, 0.25) is 0 Å². The number of carbonyl (C=O) groups is 2. The first-order valence-electron chi connectivity index (χ1n) is 11.2. The molecule has 6 nitrogen and oxygen atoms in total. The Morgan fingerprint density at radius 3 is 1.94 bits per heavy atom. The maximum atomic E-state index is 11.5. The van der Waals surface area contributed by atoms with Gasteiger partial charge in [0.25, 0.3) is 5.91 Å². The number of nitrogens with zero attached hydrogens (tertiary/aromatic N) is 2. The van der Waals surface area contributed by atoms with E-state index < -0.39 is 0 Å². The minimum atomic E-state index is -0.245. The first-order valence-corrected chi connectivity index (χ1v) is 11.2. The third-order valence-corrected chi connectivity index (χ3v) is 5.34. The van der Waals surface area contributed by atoms with Gasteiger partial charge >= 0.3 is 0 Å². The Hall–Kier alpha value is -3.41. The van der Waals surface area contributed by atoms with Crippen molar-refractivity contribution in [3.8, 4) is 16.8 Å². The van der Waals surface area contributed by atoms with Gasteiger partial charge in [0.05, 0.1) is 5.69 Å². The number of hydrogen-bond donors (Lipinski definition) is 2. The van der Waals surface area contributed by atoms with Crippen LogP contribution in [0.5, 0.6) is 0 Å². The number of benzene rings is 2. The fourth-order valence-corrected chi connectivity index (χ4v) is 3.32. The molecular weight excluding hydrogens is 400 g/mol. The zero-order chi connectivity index (χ0) is 23.3. The van der Waals surface area contributed by atoms with E-state index in [2.05, 4.69) is 23.1 Å². The number of rotatable bonds is 4. The molecule has 1 aliphatic carbocycles. The summed E-state index contributed by atoms with van der Waals surface area (Å²) in [7, 11) is 1.63. The molecule has 170 valence electrons. The molecule has 32 heavy (non-hydrogen) atoms. The molecule has 1 heterocycles. The van der Waals surface area contributed by atoms with Crippen molar-refractivity contribution < 1.29 is 9.59 Å². The Bertz CT molecular complexity index is 943. The van der Waals surface area contributed by atoms with Crippen molar-refractivity contribution >= 4 is 11.8 Å². The number of aromatic nitrogens is 2. The van der Waals surface area contributed by atoms with Gasteiger partial charge < -0.3 is 11.1 Å². The second-order valence-corrected chi connectivity index (χ2v) is 7.86. The fourth-order valence-electron chi connectivity index (χ4n) is 3.32. The first kappa shape index (κ1) is 24.9. The molecular formula is C26H34N4O2. The van der Waals surface area contributed by atoms with Crippen LogP contribution in [0.4, 0.5) is 0 Å². The molecule has 0 atom stereocenters. The molecule has 0 saturated heterocycles. The quantitative estimate of drug-likeness (QED) is 0.607. The molecule has 2 aromatic carbocycles. The number of nitrogens with two attached hydrogens (primary N) is 1. The van der Waals surface area contributed by atoms with Gasteiger partial charge in [0.1, 0.15) is 0 Å². The standard InChI is InChI=1S/C17H15N3O.C6H12.C3H7NO/c1-18-17(21)15-5-3-13(4-6-15)14-7-9-16(10-8-14)20-12-2-11-19-20;1-6-4-2-3-5-6;1-2-3(4)5/h2-12H,1H3,(H,18,21);6H,2-5H2,1H3;2H2,1H3,(H2,4,5). The lowest BCUT2D eigenvalue weighted by molar-refractivity contribution is -0.117. The molecule has 3 aromatic rings. The highest BCUT2D eigenvalue weighted by molar-refractivity contribution is 5.94. The lowest BCUT2D eigenvalue weighted by Gasteiger charge is -2.06. The average Bonchev–Trinajstić information content (AvgIpc) is 3.54. The van der Waals surface area contributed by atoms with Crippen molar-refractivity contribution in [2.75, 3.05) is 7.05 Å². The maximum absolute atomic E-state index is 11.5. The van der Waals surface area contributed by atoms with E-state index in [-0.39, 0.29) is 11.8 Å². The molecule has 0 radical (unpaired) electrons. The molecule has 1 aromatic heterocycles. The van der Waals surface area contributed by atoms with Crippen molar-refractivity contribution in [2.45, 2.75) is 46.0 Å². The summed E-state index contributed by atoms with van der Waals surface area (Å²) in [5.74, 6) is 0.727. The zero-order valence-corrected chi connectivity index (χ0v) is 19.3. The predicted molar refractivity (Wildman–Crippen MR) is 130 cm³/mol. The topological polar surface area (TPSA) is 90.0 Å². The number of nitrogens with one attached hydrogen (secondary N) is 1. The third-order valence-electron chi connectivity index (χ3n) is 5.34. The number of amides is 2. The van der Waals surface area contributed by atoms with Gasteiger partial charge in [0.2, 0.25) is 5.91 Å². The van der Waals surface area contributed by atoms with Gasteiger partial charge in [0, 0.05) is 31.4 Å². The zero-order valence-electron chi connectivity index (χ0n) is 19.3. The Morgan fingerprint density at radius 1 is 1.03 bits per heavy atom. The summed E-state index contributed by atoms with van der Waals surface area (Å²) in [6, 6.07) is 17.6. The molecule has 6 heteroatoms. The summed E-state index contributed by atoms with van der Waals surface area (Å²) in [6.07, 6.45) is 10.1. The van der Waals surface area contributed by atoms with E-state index in [0.29, 0.717) is 12.0 Å². The minimum absolute atomic E-state index is 0.0735. The molecule has 1 saturated carbocycles. The van der Waals surface area contributed by atoms with Gasteiger partial charge in [-0.3, -0.25) is 9.59 Å². The van der Waals surface area contributed by atoms with Crippen LogP contribution in [0.3, 0.4) is 0 Å². The molecule has 0 bridgehead atoms. The molecule has 0 spiro atoms. The van der Waals surface area contributed by atoms with Crippen molar-refractivity contribution in [1.29, 1.82) is 0 Å². The maximum Gasteiger partial charge on any atom is 0.251 e. The van der Waals surface area contributed by atoms with Gasteiger partial charge in [-0.25, -0.2) is 4.68 Å². The van der Waals surface area contributed by atoms with E-state index in [1.54, 1.807) is 20.2 Å². The molecule has 1 fully saturated rings. The van der Waals surface area contributed by atoms with Gasteiger partial charge in [-0.05, 0) is 47.4 Å². The lowest BCUT2D eigenvalue weighted by Crippen LogP contribution is -2.17. The van der Waals surface area contributed by atoms with Crippen LogP contribution in [0.25, 0.3) is 16.8 Å². The summed E-state index contributed by atoms with van der Waals surface area (Å²) in [5.41, 5.74) is 8.52. The lowest BCUT2D eigenvalue weighted by atomic mass is 10.0. The Kier molecular flexibility index (Phi) is 10.2. The number of hydrogen-bond acceptors (Lipinski definition) is 3. The fraction of sp³-hybridized carbons (Fsp3) is 0.346. The Balaban J connectivity index is 0.000000272.